The second-order valence-electron chi connectivity index (χ2n) is 19.2. The lowest BCUT2D eigenvalue weighted by molar-refractivity contribution is -0.167. The lowest BCUT2D eigenvalue weighted by Crippen LogP contribution is -2.30. The van der Waals surface area contributed by atoms with Crippen LogP contribution in [-0.2, 0) is 28.6 Å². The Hall–Kier alpha value is -2.37. The number of esters is 3. The highest BCUT2D eigenvalue weighted by atomic mass is 16.6. The first-order chi connectivity index (χ1) is 32.0. The van der Waals surface area contributed by atoms with Gasteiger partial charge in [-0.3, -0.25) is 14.4 Å². The second-order valence-corrected chi connectivity index (χ2v) is 19.2. The van der Waals surface area contributed by atoms with Gasteiger partial charge in [0.2, 0.25) is 0 Å². The average molecular weight is 914 g/mol. The van der Waals surface area contributed by atoms with E-state index in [0.29, 0.717) is 19.3 Å². The summed E-state index contributed by atoms with van der Waals surface area (Å²) in [6.45, 7) is 6.59. The molecule has 0 aliphatic heterocycles. The Morgan fingerprint density at radius 1 is 0.308 bits per heavy atom. The van der Waals surface area contributed by atoms with E-state index >= 15 is 0 Å². The van der Waals surface area contributed by atoms with Crippen LogP contribution >= 0.6 is 0 Å². The molecule has 0 saturated carbocycles. The van der Waals surface area contributed by atoms with E-state index in [1.165, 1.54) is 173 Å². The molecule has 0 spiro atoms. The number of hydrogen-bond acceptors (Lipinski definition) is 6. The van der Waals surface area contributed by atoms with Gasteiger partial charge in [0.25, 0.3) is 0 Å². The number of ether oxygens (including phenoxy) is 3. The summed E-state index contributed by atoms with van der Waals surface area (Å²) < 4.78 is 16.8. The predicted molar refractivity (Wildman–Crippen MR) is 279 cm³/mol. The highest BCUT2D eigenvalue weighted by Gasteiger charge is 2.19. The number of allylic oxidation sites excluding steroid dienone is 6. The summed E-state index contributed by atoms with van der Waals surface area (Å²) in [6.07, 6.45) is 64.3. The Balaban J connectivity index is 4.27. The molecule has 0 aromatic heterocycles. The summed E-state index contributed by atoms with van der Waals surface area (Å²) in [5.74, 6) is -0.887. The normalized spacial score (nSPS) is 12.2. The Bertz CT molecular complexity index is 1090. The molecule has 0 aliphatic rings. The van der Waals surface area contributed by atoms with Crippen molar-refractivity contribution >= 4 is 17.9 Å². The van der Waals surface area contributed by atoms with Crippen LogP contribution in [-0.4, -0.2) is 37.2 Å². The summed E-state index contributed by atoms with van der Waals surface area (Å²) in [5.41, 5.74) is 0. The minimum absolute atomic E-state index is 0.0772. The molecule has 0 rings (SSSR count). The van der Waals surface area contributed by atoms with Crippen LogP contribution in [0.4, 0.5) is 0 Å². The van der Waals surface area contributed by atoms with Crippen LogP contribution in [0, 0.1) is 0 Å². The molecule has 0 aromatic rings. The molecule has 0 aliphatic carbocycles. The van der Waals surface area contributed by atoms with Gasteiger partial charge in [0.05, 0.1) is 0 Å². The molecule has 0 aromatic carbocycles. The topological polar surface area (TPSA) is 78.9 Å². The van der Waals surface area contributed by atoms with E-state index in [4.69, 9.17) is 14.2 Å². The van der Waals surface area contributed by atoms with Crippen molar-refractivity contribution in [3.8, 4) is 0 Å². The molecular formula is C59H108O6. The first kappa shape index (κ1) is 62.6. The molecule has 6 nitrogen and oxygen atoms in total. The molecule has 0 amide bonds. The van der Waals surface area contributed by atoms with E-state index in [0.717, 1.165) is 89.9 Å². The van der Waals surface area contributed by atoms with E-state index in [-0.39, 0.29) is 31.1 Å². The van der Waals surface area contributed by atoms with Gasteiger partial charge in [-0.15, -0.1) is 0 Å². The Morgan fingerprint density at radius 2 is 0.569 bits per heavy atom. The molecule has 0 bridgehead atoms. The first-order valence-corrected chi connectivity index (χ1v) is 28.5. The molecule has 1 atom stereocenters. The zero-order chi connectivity index (χ0) is 47.2. The summed E-state index contributed by atoms with van der Waals surface area (Å²) in [5, 5.41) is 0. The Morgan fingerprint density at radius 3 is 0.938 bits per heavy atom. The molecule has 0 N–H and O–H groups in total. The third kappa shape index (κ3) is 52.5. The van der Waals surface area contributed by atoms with Crippen LogP contribution in [0.25, 0.3) is 0 Å². The van der Waals surface area contributed by atoms with Gasteiger partial charge in [-0.1, -0.05) is 250 Å². The fourth-order valence-corrected chi connectivity index (χ4v) is 8.28. The lowest BCUT2D eigenvalue weighted by atomic mass is 10.0. The third-order valence-corrected chi connectivity index (χ3v) is 12.6. The fraction of sp³-hybridized carbons (Fsp3) is 0.847. The maximum Gasteiger partial charge on any atom is 0.306 e. The molecule has 0 radical (unpaired) electrons. The summed E-state index contributed by atoms with van der Waals surface area (Å²) >= 11 is 0. The van der Waals surface area contributed by atoms with Gasteiger partial charge >= 0.3 is 17.9 Å². The van der Waals surface area contributed by atoms with Crippen LogP contribution < -0.4 is 0 Å². The molecule has 1 unspecified atom stereocenters. The molecule has 6 heteroatoms. The maximum atomic E-state index is 12.8. The van der Waals surface area contributed by atoms with Crippen molar-refractivity contribution in [2.45, 2.75) is 309 Å². The minimum Gasteiger partial charge on any atom is -0.462 e. The zero-order valence-corrected chi connectivity index (χ0v) is 43.5. The van der Waals surface area contributed by atoms with Gasteiger partial charge in [-0.25, -0.2) is 0 Å². The molecule has 380 valence electrons. The smallest absolute Gasteiger partial charge is 0.306 e. The third-order valence-electron chi connectivity index (χ3n) is 12.6. The minimum atomic E-state index is -0.779. The van der Waals surface area contributed by atoms with Crippen molar-refractivity contribution in [3.05, 3.63) is 36.5 Å². The SMILES string of the molecule is CCCC/C=C\CCCCCCCC(=O)OCC(COC(=O)CCCCCCCCCCCCCCCCCCCCCCC)OC(=O)CCCCCCC/C=C\C/C=C\CCCCC. The van der Waals surface area contributed by atoms with Gasteiger partial charge in [0.15, 0.2) is 6.10 Å². The number of carbonyl (C=O) groups is 3. The largest absolute Gasteiger partial charge is 0.462 e. The van der Waals surface area contributed by atoms with E-state index in [9.17, 15) is 14.4 Å². The van der Waals surface area contributed by atoms with Crippen LogP contribution in [0.5, 0.6) is 0 Å². The first-order valence-electron chi connectivity index (χ1n) is 28.5. The van der Waals surface area contributed by atoms with Crippen LogP contribution in [0.15, 0.2) is 36.5 Å². The Labute approximate surface area is 404 Å². The number of carbonyl (C=O) groups excluding carboxylic acids is 3. The van der Waals surface area contributed by atoms with Crippen LogP contribution in [0.2, 0.25) is 0 Å². The predicted octanol–water partition coefficient (Wildman–Crippen LogP) is 18.9. The van der Waals surface area contributed by atoms with E-state index < -0.39 is 6.10 Å². The average Bonchev–Trinajstić information content (AvgIpc) is 3.30. The van der Waals surface area contributed by atoms with Crippen molar-refractivity contribution in [2.75, 3.05) is 13.2 Å². The van der Waals surface area contributed by atoms with Crippen molar-refractivity contribution < 1.29 is 28.6 Å². The van der Waals surface area contributed by atoms with E-state index in [1.54, 1.807) is 0 Å². The molecule has 65 heavy (non-hydrogen) atoms. The number of hydrogen-bond donors (Lipinski definition) is 0. The fourth-order valence-electron chi connectivity index (χ4n) is 8.28. The molecular weight excluding hydrogens is 805 g/mol. The zero-order valence-electron chi connectivity index (χ0n) is 43.5. The van der Waals surface area contributed by atoms with Crippen molar-refractivity contribution in [3.63, 3.8) is 0 Å². The highest BCUT2D eigenvalue weighted by Crippen LogP contribution is 2.17. The van der Waals surface area contributed by atoms with Gasteiger partial charge in [-0.05, 0) is 70.6 Å². The quantitative estimate of drug-likeness (QED) is 0.0262. The Kier molecular flexibility index (Phi) is 52.3. The number of rotatable bonds is 52. The summed E-state index contributed by atoms with van der Waals surface area (Å²) in [4.78, 5) is 38.0. The summed E-state index contributed by atoms with van der Waals surface area (Å²) in [7, 11) is 0. The van der Waals surface area contributed by atoms with E-state index in [1.807, 2.05) is 0 Å². The maximum absolute atomic E-state index is 12.8. The molecule has 0 heterocycles. The van der Waals surface area contributed by atoms with Crippen molar-refractivity contribution in [1.29, 1.82) is 0 Å². The van der Waals surface area contributed by atoms with Gasteiger partial charge < -0.3 is 14.2 Å². The van der Waals surface area contributed by atoms with Crippen LogP contribution in [0.3, 0.4) is 0 Å². The second kappa shape index (κ2) is 54.2. The van der Waals surface area contributed by atoms with Gasteiger partial charge in [-0.2, -0.15) is 0 Å². The van der Waals surface area contributed by atoms with Crippen LogP contribution in [0.1, 0.15) is 303 Å². The lowest BCUT2D eigenvalue weighted by Gasteiger charge is -2.18. The van der Waals surface area contributed by atoms with Crippen molar-refractivity contribution in [1.82, 2.24) is 0 Å². The highest BCUT2D eigenvalue weighted by molar-refractivity contribution is 5.71. The van der Waals surface area contributed by atoms with E-state index in [2.05, 4.69) is 57.2 Å². The van der Waals surface area contributed by atoms with Crippen molar-refractivity contribution in [2.24, 2.45) is 0 Å². The summed E-state index contributed by atoms with van der Waals surface area (Å²) in [6, 6.07) is 0. The van der Waals surface area contributed by atoms with Gasteiger partial charge in [0, 0.05) is 19.3 Å². The standard InChI is InChI=1S/C59H108O6/c1-4-7-10-13-16-19-22-24-26-27-28-29-30-31-33-34-37-40-43-46-49-52-58(61)64-55-56(54-63-57(60)51-48-45-42-39-36-21-18-15-12-9-6-3)65-59(62)53-50-47-44-41-38-35-32-25-23-20-17-14-11-8-5-2/h15,17-18,20,25,32,56H,4-14,16,19,21-24,26-31,33-55H2,1-3H3/b18-15-,20-17-,32-25-. The molecule has 0 saturated heterocycles. The number of unbranched alkanes of at least 4 members (excludes halogenated alkanes) is 35. The molecule has 0 fully saturated rings. The monoisotopic (exact) mass is 913 g/mol. The van der Waals surface area contributed by atoms with Gasteiger partial charge in [0.1, 0.15) is 13.2 Å².